The Hall–Kier alpha value is -0.120. The molecule has 2 fully saturated rings. The van der Waals surface area contributed by atoms with E-state index >= 15 is 0 Å². The van der Waals surface area contributed by atoms with E-state index < -0.39 is 0 Å². The lowest BCUT2D eigenvalue weighted by atomic mass is 9.93. The number of rotatable bonds is 4. The molecule has 0 saturated carbocycles. The zero-order chi connectivity index (χ0) is 13.0. The first kappa shape index (κ1) is 14.3. The quantitative estimate of drug-likeness (QED) is 0.824. The maximum absolute atomic E-state index is 3.69. The highest BCUT2D eigenvalue weighted by molar-refractivity contribution is 4.83. The first-order valence-corrected chi connectivity index (χ1v) is 7.85. The molecule has 2 atom stereocenters. The van der Waals surface area contributed by atoms with Gasteiger partial charge in [0.05, 0.1) is 0 Å². The van der Waals surface area contributed by atoms with Crippen LogP contribution in [0.4, 0.5) is 0 Å². The molecule has 2 rings (SSSR count). The molecule has 0 bridgehead atoms. The van der Waals surface area contributed by atoms with Gasteiger partial charge >= 0.3 is 0 Å². The van der Waals surface area contributed by atoms with Gasteiger partial charge in [0.1, 0.15) is 0 Å². The second-order valence-corrected chi connectivity index (χ2v) is 6.39. The molecule has 0 aliphatic carbocycles. The zero-order valence-electron chi connectivity index (χ0n) is 12.5. The topological polar surface area (TPSA) is 18.5 Å². The van der Waals surface area contributed by atoms with Gasteiger partial charge in [0.15, 0.2) is 0 Å². The summed E-state index contributed by atoms with van der Waals surface area (Å²) < 4.78 is 0. The molecule has 2 heterocycles. The molecule has 18 heavy (non-hydrogen) atoms. The average molecular weight is 253 g/mol. The minimum Gasteiger partial charge on any atom is -0.313 e. The van der Waals surface area contributed by atoms with Gasteiger partial charge in [-0.05, 0) is 64.8 Å². The first-order valence-electron chi connectivity index (χ1n) is 7.85. The molecule has 2 aliphatic rings. The first-order chi connectivity index (χ1) is 8.69. The number of nitrogens with one attached hydrogen (secondary N) is 1. The summed E-state index contributed by atoms with van der Waals surface area (Å²) in [7, 11) is 2.33. The third-order valence-electron chi connectivity index (χ3n) is 4.89. The van der Waals surface area contributed by atoms with Crippen LogP contribution in [0, 0.1) is 5.92 Å². The molecule has 3 heteroatoms. The Morgan fingerprint density at radius 2 is 1.94 bits per heavy atom. The molecule has 0 aromatic rings. The van der Waals surface area contributed by atoms with Crippen molar-refractivity contribution in [1.82, 2.24) is 15.1 Å². The lowest BCUT2D eigenvalue weighted by Crippen LogP contribution is -2.49. The second kappa shape index (κ2) is 6.88. The van der Waals surface area contributed by atoms with Crippen molar-refractivity contribution in [3.05, 3.63) is 0 Å². The van der Waals surface area contributed by atoms with Crippen molar-refractivity contribution < 1.29 is 0 Å². The van der Waals surface area contributed by atoms with E-state index in [0.717, 1.165) is 18.0 Å². The molecule has 2 aliphatic heterocycles. The van der Waals surface area contributed by atoms with E-state index in [1.807, 2.05) is 0 Å². The van der Waals surface area contributed by atoms with E-state index in [1.165, 1.54) is 58.4 Å². The van der Waals surface area contributed by atoms with Gasteiger partial charge in [-0.2, -0.15) is 0 Å². The van der Waals surface area contributed by atoms with E-state index in [4.69, 9.17) is 0 Å². The second-order valence-electron chi connectivity index (χ2n) is 6.39. The lowest BCUT2D eigenvalue weighted by molar-refractivity contribution is 0.116. The molecule has 2 unspecified atom stereocenters. The molecular weight excluding hydrogens is 222 g/mol. The van der Waals surface area contributed by atoms with Crippen LogP contribution in [0.1, 0.15) is 39.5 Å². The number of likely N-dealkylation sites (N-methyl/N-ethyl adjacent to an activating group) is 1. The van der Waals surface area contributed by atoms with Gasteiger partial charge in [-0.1, -0.05) is 13.8 Å². The van der Waals surface area contributed by atoms with E-state index in [1.54, 1.807) is 0 Å². The SMILES string of the molecule is CCN1CCC(N(C)CC2CC(C)CCN2)CC1. The summed E-state index contributed by atoms with van der Waals surface area (Å²) in [4.78, 5) is 5.19. The number of hydrogen-bond donors (Lipinski definition) is 1. The Morgan fingerprint density at radius 1 is 1.22 bits per heavy atom. The van der Waals surface area contributed by atoms with Gasteiger partial charge in [-0.15, -0.1) is 0 Å². The van der Waals surface area contributed by atoms with E-state index in [0.29, 0.717) is 0 Å². The molecule has 1 N–H and O–H groups in total. The van der Waals surface area contributed by atoms with Gasteiger partial charge in [0.25, 0.3) is 0 Å². The number of piperidine rings is 2. The van der Waals surface area contributed by atoms with Crippen LogP contribution in [0.5, 0.6) is 0 Å². The Morgan fingerprint density at radius 3 is 2.56 bits per heavy atom. The van der Waals surface area contributed by atoms with Crippen molar-refractivity contribution in [3.63, 3.8) is 0 Å². The van der Waals surface area contributed by atoms with Crippen LogP contribution in [-0.4, -0.2) is 61.7 Å². The monoisotopic (exact) mass is 253 g/mol. The van der Waals surface area contributed by atoms with Crippen LogP contribution < -0.4 is 5.32 Å². The molecular formula is C15H31N3. The summed E-state index contributed by atoms with van der Waals surface area (Å²) in [5.74, 6) is 0.909. The van der Waals surface area contributed by atoms with Crippen molar-refractivity contribution in [1.29, 1.82) is 0 Å². The predicted molar refractivity (Wildman–Crippen MR) is 78.0 cm³/mol. The van der Waals surface area contributed by atoms with Crippen LogP contribution >= 0.6 is 0 Å². The summed E-state index contributed by atoms with van der Waals surface area (Å²) in [5, 5.41) is 3.69. The van der Waals surface area contributed by atoms with Crippen LogP contribution in [0.15, 0.2) is 0 Å². The van der Waals surface area contributed by atoms with Crippen LogP contribution in [0.3, 0.4) is 0 Å². The Bertz CT molecular complexity index is 236. The number of likely N-dealkylation sites (tertiary alicyclic amines) is 1. The summed E-state index contributed by atoms with van der Waals surface area (Å²) in [6.07, 6.45) is 5.42. The fraction of sp³-hybridized carbons (Fsp3) is 1.00. The molecule has 2 saturated heterocycles. The van der Waals surface area contributed by atoms with Crippen LogP contribution in [-0.2, 0) is 0 Å². The molecule has 0 amide bonds. The van der Waals surface area contributed by atoms with E-state index in [9.17, 15) is 0 Å². The largest absolute Gasteiger partial charge is 0.313 e. The average Bonchev–Trinajstić information content (AvgIpc) is 2.39. The standard InChI is InChI=1S/C15H31N3/c1-4-18-9-6-15(7-10-18)17(3)12-14-11-13(2)5-8-16-14/h13-16H,4-12H2,1-3H3. The van der Waals surface area contributed by atoms with Crippen molar-refractivity contribution in [3.8, 4) is 0 Å². The van der Waals surface area contributed by atoms with Crippen molar-refractivity contribution in [2.24, 2.45) is 5.92 Å². The maximum atomic E-state index is 3.69. The Kier molecular flexibility index (Phi) is 5.46. The molecule has 0 aromatic heterocycles. The summed E-state index contributed by atoms with van der Waals surface area (Å²) in [6, 6.07) is 1.54. The van der Waals surface area contributed by atoms with Crippen molar-refractivity contribution in [2.45, 2.75) is 51.6 Å². The summed E-state index contributed by atoms with van der Waals surface area (Å²) in [6.45, 7) is 10.9. The fourth-order valence-corrected chi connectivity index (χ4v) is 3.53. The lowest BCUT2D eigenvalue weighted by Gasteiger charge is -2.39. The fourth-order valence-electron chi connectivity index (χ4n) is 3.53. The molecule has 0 spiro atoms. The Balaban J connectivity index is 1.72. The number of hydrogen-bond acceptors (Lipinski definition) is 3. The van der Waals surface area contributed by atoms with E-state index in [2.05, 4.69) is 36.0 Å². The highest BCUT2D eigenvalue weighted by Gasteiger charge is 2.25. The van der Waals surface area contributed by atoms with Crippen molar-refractivity contribution >= 4 is 0 Å². The highest BCUT2D eigenvalue weighted by Crippen LogP contribution is 2.19. The third-order valence-corrected chi connectivity index (χ3v) is 4.89. The van der Waals surface area contributed by atoms with Crippen LogP contribution in [0.2, 0.25) is 0 Å². The zero-order valence-corrected chi connectivity index (χ0v) is 12.5. The van der Waals surface area contributed by atoms with Crippen molar-refractivity contribution in [2.75, 3.05) is 39.8 Å². The number of nitrogens with zero attached hydrogens (tertiary/aromatic N) is 2. The van der Waals surface area contributed by atoms with Gasteiger partial charge in [-0.25, -0.2) is 0 Å². The van der Waals surface area contributed by atoms with Gasteiger partial charge in [0.2, 0.25) is 0 Å². The normalized spacial score (nSPS) is 32.0. The minimum atomic E-state index is 0.725. The predicted octanol–water partition coefficient (Wildman–Crippen LogP) is 1.79. The summed E-state index contributed by atoms with van der Waals surface area (Å²) in [5.41, 5.74) is 0. The third kappa shape index (κ3) is 3.94. The van der Waals surface area contributed by atoms with Crippen LogP contribution in [0.25, 0.3) is 0 Å². The smallest absolute Gasteiger partial charge is 0.0197 e. The van der Waals surface area contributed by atoms with Gasteiger partial charge < -0.3 is 15.1 Å². The molecule has 0 radical (unpaired) electrons. The Labute approximate surface area is 113 Å². The molecule has 3 nitrogen and oxygen atoms in total. The summed E-state index contributed by atoms with van der Waals surface area (Å²) >= 11 is 0. The highest BCUT2D eigenvalue weighted by atomic mass is 15.2. The van der Waals surface area contributed by atoms with Gasteiger partial charge in [-0.3, -0.25) is 0 Å². The molecule has 106 valence electrons. The van der Waals surface area contributed by atoms with Gasteiger partial charge in [0, 0.05) is 18.6 Å². The van der Waals surface area contributed by atoms with E-state index in [-0.39, 0.29) is 0 Å². The maximum Gasteiger partial charge on any atom is 0.0197 e. The molecule has 0 aromatic carbocycles. The minimum absolute atomic E-state index is 0.725.